The summed E-state index contributed by atoms with van der Waals surface area (Å²) in [5, 5.41) is -0.0881. The number of nitrogens with zero attached hydrogens (tertiary/aromatic N) is 1. The van der Waals surface area contributed by atoms with E-state index >= 15 is 0 Å². The maximum absolute atomic E-state index is 13.0. The number of nitrogens with two attached hydrogens (primary N) is 1. The number of amides is 1. The van der Waals surface area contributed by atoms with Crippen molar-refractivity contribution in [3.8, 4) is 5.75 Å². The Morgan fingerprint density at radius 3 is 2.55 bits per heavy atom. The van der Waals surface area contributed by atoms with Gasteiger partial charge in [-0.2, -0.15) is 0 Å². The first kappa shape index (κ1) is 20.8. The first-order valence-corrected chi connectivity index (χ1v) is 9.87. The molecule has 0 saturated carbocycles. The topological polar surface area (TPSA) is 108 Å². The molecule has 1 aromatic rings. The molecular weight excluding hydrogens is 396 g/mol. The molecule has 2 heterocycles. The first-order chi connectivity index (χ1) is 13.8. The average molecular weight is 418 g/mol. The fourth-order valence-electron chi connectivity index (χ4n) is 3.40. The third-order valence-electron chi connectivity index (χ3n) is 4.71. The van der Waals surface area contributed by atoms with Crippen LogP contribution in [-0.4, -0.2) is 48.8 Å². The van der Waals surface area contributed by atoms with Crippen LogP contribution in [-0.2, 0) is 23.9 Å². The van der Waals surface area contributed by atoms with Crippen LogP contribution in [0.5, 0.6) is 5.75 Å². The van der Waals surface area contributed by atoms with E-state index in [1.807, 2.05) is 0 Å². The number of rotatable bonds is 5. The molecule has 1 saturated heterocycles. The molecule has 1 aromatic carbocycles. The van der Waals surface area contributed by atoms with Crippen LogP contribution in [0.1, 0.15) is 25.3 Å². The lowest BCUT2D eigenvalue weighted by molar-refractivity contribution is -0.139. The van der Waals surface area contributed by atoms with Crippen LogP contribution in [0, 0.1) is 0 Å². The van der Waals surface area contributed by atoms with Crippen molar-refractivity contribution >= 4 is 29.6 Å². The van der Waals surface area contributed by atoms with E-state index in [1.54, 1.807) is 38.1 Å². The molecule has 3 rings (SSSR count). The van der Waals surface area contributed by atoms with Gasteiger partial charge in [-0.1, -0.05) is 23.9 Å². The molecule has 2 aliphatic rings. The maximum atomic E-state index is 13.0. The molecule has 0 bridgehead atoms. The Hall–Kier alpha value is -2.94. The lowest BCUT2D eigenvalue weighted by Crippen LogP contribution is -2.40. The Morgan fingerprint density at radius 1 is 1.21 bits per heavy atom. The van der Waals surface area contributed by atoms with Crippen LogP contribution < -0.4 is 10.5 Å². The minimum Gasteiger partial charge on any atom is -0.497 e. The zero-order valence-electron chi connectivity index (χ0n) is 16.6. The van der Waals surface area contributed by atoms with Gasteiger partial charge in [0.1, 0.15) is 11.6 Å². The van der Waals surface area contributed by atoms with E-state index in [0.717, 1.165) is 0 Å². The number of fused-ring (bicyclic) bond motifs is 1. The fourth-order valence-corrected chi connectivity index (χ4v) is 4.56. The summed E-state index contributed by atoms with van der Waals surface area (Å²) < 4.78 is 15.5. The number of hydrogen-bond donors (Lipinski definition) is 1. The molecule has 0 radical (unpaired) electrons. The highest BCUT2D eigenvalue weighted by Crippen LogP contribution is 2.50. The normalized spacial score (nSPS) is 21.2. The van der Waals surface area contributed by atoms with Gasteiger partial charge in [-0.15, -0.1) is 0 Å². The summed E-state index contributed by atoms with van der Waals surface area (Å²) in [6.07, 6.45) is 0. The SMILES string of the molecule is CCOC(=O)C1=C2SC(C)C(=O)N2C(N)=C(C(=O)OC)C1c1cccc(OC)c1. The van der Waals surface area contributed by atoms with E-state index in [4.69, 9.17) is 19.9 Å². The molecule has 2 atom stereocenters. The van der Waals surface area contributed by atoms with Crippen LogP contribution in [0.3, 0.4) is 0 Å². The zero-order valence-corrected chi connectivity index (χ0v) is 17.4. The van der Waals surface area contributed by atoms with Crippen LogP contribution >= 0.6 is 11.8 Å². The molecule has 2 unspecified atom stereocenters. The van der Waals surface area contributed by atoms with Crippen molar-refractivity contribution < 1.29 is 28.6 Å². The molecule has 0 aliphatic carbocycles. The molecule has 1 amide bonds. The van der Waals surface area contributed by atoms with Crippen molar-refractivity contribution in [3.05, 3.63) is 51.8 Å². The third-order valence-corrected chi connectivity index (χ3v) is 5.89. The van der Waals surface area contributed by atoms with E-state index in [9.17, 15) is 14.4 Å². The third kappa shape index (κ3) is 3.46. The van der Waals surface area contributed by atoms with E-state index in [-0.39, 0.29) is 29.5 Å². The first-order valence-electron chi connectivity index (χ1n) is 8.99. The maximum Gasteiger partial charge on any atom is 0.338 e. The molecule has 2 aliphatic heterocycles. The predicted octanol–water partition coefficient (Wildman–Crippen LogP) is 1.87. The quantitative estimate of drug-likeness (QED) is 0.722. The van der Waals surface area contributed by atoms with Crippen LogP contribution in [0.4, 0.5) is 0 Å². The second kappa shape index (κ2) is 8.20. The van der Waals surface area contributed by atoms with Crippen molar-refractivity contribution in [2.75, 3.05) is 20.8 Å². The van der Waals surface area contributed by atoms with Gasteiger partial charge < -0.3 is 19.9 Å². The minimum absolute atomic E-state index is 0.00982. The Balaban J connectivity index is 2.31. The average Bonchev–Trinajstić information content (AvgIpc) is 3.01. The summed E-state index contributed by atoms with van der Waals surface area (Å²) in [6.45, 7) is 3.54. The predicted molar refractivity (Wildman–Crippen MR) is 107 cm³/mol. The summed E-state index contributed by atoms with van der Waals surface area (Å²) in [6, 6.07) is 6.95. The van der Waals surface area contributed by atoms with Crippen LogP contribution in [0.25, 0.3) is 0 Å². The Bertz CT molecular complexity index is 939. The lowest BCUT2D eigenvalue weighted by Gasteiger charge is -2.33. The highest BCUT2D eigenvalue weighted by Gasteiger charge is 2.49. The van der Waals surface area contributed by atoms with Crippen molar-refractivity contribution in [1.29, 1.82) is 0 Å². The largest absolute Gasteiger partial charge is 0.497 e. The van der Waals surface area contributed by atoms with Crippen molar-refractivity contribution in [2.45, 2.75) is 25.0 Å². The summed E-state index contributed by atoms with van der Waals surface area (Å²) in [5.74, 6) is -2.03. The highest BCUT2D eigenvalue weighted by atomic mass is 32.2. The highest BCUT2D eigenvalue weighted by molar-refractivity contribution is 8.04. The van der Waals surface area contributed by atoms with Crippen molar-refractivity contribution in [2.24, 2.45) is 5.73 Å². The minimum atomic E-state index is -0.867. The Morgan fingerprint density at radius 2 is 1.93 bits per heavy atom. The second-order valence-electron chi connectivity index (χ2n) is 6.37. The standard InChI is InChI=1S/C20H22N2O6S/c1-5-28-20(25)15-13(11-7-6-8-12(9-11)26-3)14(19(24)27-4)16(21)22-17(23)10(2)29-18(15)22/h6-10,13H,5,21H2,1-4H3. The molecular formula is C20H22N2O6S. The van der Waals surface area contributed by atoms with Gasteiger partial charge in [0.2, 0.25) is 5.91 Å². The fraction of sp³-hybridized carbons (Fsp3) is 0.350. The van der Waals surface area contributed by atoms with E-state index in [2.05, 4.69) is 0 Å². The number of hydrogen-bond acceptors (Lipinski definition) is 8. The summed E-state index contributed by atoms with van der Waals surface area (Å²) in [5.41, 5.74) is 7.06. The van der Waals surface area contributed by atoms with Gasteiger partial charge in [-0.3, -0.25) is 9.69 Å². The summed E-state index contributed by atoms with van der Waals surface area (Å²) >= 11 is 1.21. The van der Waals surface area contributed by atoms with E-state index in [0.29, 0.717) is 16.3 Å². The molecule has 9 heteroatoms. The molecule has 29 heavy (non-hydrogen) atoms. The van der Waals surface area contributed by atoms with Gasteiger partial charge >= 0.3 is 11.9 Å². The van der Waals surface area contributed by atoms with Crippen molar-refractivity contribution in [1.82, 2.24) is 4.90 Å². The number of carbonyl (C=O) groups is 3. The molecule has 154 valence electrons. The smallest absolute Gasteiger partial charge is 0.338 e. The van der Waals surface area contributed by atoms with Gasteiger partial charge in [-0.05, 0) is 31.5 Å². The molecule has 1 fully saturated rings. The Labute approximate surface area is 172 Å². The van der Waals surface area contributed by atoms with E-state index in [1.165, 1.54) is 30.9 Å². The van der Waals surface area contributed by atoms with Gasteiger partial charge in [-0.25, -0.2) is 9.59 Å². The van der Waals surface area contributed by atoms with Gasteiger partial charge in [0, 0.05) is 0 Å². The summed E-state index contributed by atoms with van der Waals surface area (Å²) in [7, 11) is 2.74. The summed E-state index contributed by atoms with van der Waals surface area (Å²) in [4.78, 5) is 39.6. The molecule has 2 N–H and O–H groups in total. The molecule has 0 aromatic heterocycles. The molecule has 0 spiro atoms. The number of methoxy groups -OCH3 is 2. The van der Waals surface area contributed by atoms with Gasteiger partial charge in [0.25, 0.3) is 0 Å². The number of benzene rings is 1. The van der Waals surface area contributed by atoms with Crippen LogP contribution in [0.2, 0.25) is 0 Å². The number of thioether (sulfide) groups is 1. The van der Waals surface area contributed by atoms with E-state index < -0.39 is 23.1 Å². The Kier molecular flexibility index (Phi) is 5.88. The zero-order chi connectivity index (χ0) is 21.3. The van der Waals surface area contributed by atoms with Crippen molar-refractivity contribution in [3.63, 3.8) is 0 Å². The van der Waals surface area contributed by atoms with Gasteiger partial charge in [0.15, 0.2) is 0 Å². The number of carbonyl (C=O) groups excluding carboxylic acids is 3. The lowest BCUT2D eigenvalue weighted by atomic mass is 9.82. The monoisotopic (exact) mass is 418 g/mol. The van der Waals surface area contributed by atoms with Gasteiger partial charge in [0.05, 0.1) is 48.2 Å². The number of ether oxygens (including phenoxy) is 3. The number of esters is 2. The van der Waals surface area contributed by atoms with Crippen LogP contribution in [0.15, 0.2) is 46.3 Å². The molecule has 8 nitrogen and oxygen atoms in total. The second-order valence-corrected chi connectivity index (χ2v) is 7.70.